The highest BCUT2D eigenvalue weighted by molar-refractivity contribution is 5.56. The summed E-state index contributed by atoms with van der Waals surface area (Å²) >= 11 is 0. The molecule has 0 amide bonds. The summed E-state index contributed by atoms with van der Waals surface area (Å²) in [6.45, 7) is 2.23. The number of aromatic nitrogens is 4. The average molecular weight is 233 g/mol. The van der Waals surface area contributed by atoms with Crippen molar-refractivity contribution in [3.05, 3.63) is 30.4 Å². The summed E-state index contributed by atoms with van der Waals surface area (Å²) in [7, 11) is 1.69. The summed E-state index contributed by atoms with van der Waals surface area (Å²) in [6.07, 6.45) is 6.82. The van der Waals surface area contributed by atoms with E-state index in [2.05, 4.69) is 25.5 Å². The molecule has 0 bridgehead atoms. The average Bonchev–Trinajstić information content (AvgIpc) is 2.84. The van der Waals surface area contributed by atoms with Gasteiger partial charge in [0.05, 0.1) is 24.7 Å². The Balaban J connectivity index is 2.02. The Morgan fingerprint density at radius 2 is 2.29 bits per heavy atom. The van der Waals surface area contributed by atoms with E-state index < -0.39 is 0 Å². The Morgan fingerprint density at radius 1 is 1.35 bits per heavy atom. The van der Waals surface area contributed by atoms with E-state index in [1.165, 1.54) is 0 Å². The minimum absolute atomic E-state index is 0.693. The van der Waals surface area contributed by atoms with Gasteiger partial charge >= 0.3 is 0 Å². The second-order valence-electron chi connectivity index (χ2n) is 3.53. The van der Waals surface area contributed by atoms with Crippen LogP contribution in [0, 0.1) is 0 Å². The standard InChI is InChI=1S/C11H15N5O/c1-17-5-4-13-6-9-7-15-16-11(9)10-8-12-2-3-14-10/h2-3,7-8,13H,4-6H2,1H3,(H,15,16). The first-order valence-corrected chi connectivity index (χ1v) is 5.40. The summed E-state index contributed by atoms with van der Waals surface area (Å²) in [6, 6.07) is 0. The molecule has 0 atom stereocenters. The molecule has 6 heteroatoms. The van der Waals surface area contributed by atoms with Gasteiger partial charge in [-0.25, -0.2) is 0 Å². The van der Waals surface area contributed by atoms with Gasteiger partial charge in [0.1, 0.15) is 5.69 Å². The predicted molar refractivity (Wildman–Crippen MR) is 63.2 cm³/mol. The van der Waals surface area contributed by atoms with E-state index in [0.29, 0.717) is 6.61 Å². The fourth-order valence-electron chi connectivity index (χ4n) is 1.49. The molecule has 0 aliphatic carbocycles. The molecule has 0 saturated carbocycles. The summed E-state index contributed by atoms with van der Waals surface area (Å²) in [5, 5.41) is 10.2. The monoisotopic (exact) mass is 233 g/mol. The molecule has 0 aromatic carbocycles. The first kappa shape index (κ1) is 11.7. The van der Waals surface area contributed by atoms with Crippen molar-refractivity contribution in [2.45, 2.75) is 6.54 Å². The normalized spacial score (nSPS) is 10.6. The van der Waals surface area contributed by atoms with E-state index in [0.717, 1.165) is 30.0 Å². The lowest BCUT2D eigenvalue weighted by Gasteiger charge is -2.04. The minimum atomic E-state index is 0.693. The van der Waals surface area contributed by atoms with Crippen molar-refractivity contribution < 1.29 is 4.74 Å². The number of aromatic amines is 1. The van der Waals surface area contributed by atoms with Crippen LogP contribution < -0.4 is 5.32 Å². The molecule has 90 valence electrons. The van der Waals surface area contributed by atoms with Crippen molar-refractivity contribution in [3.63, 3.8) is 0 Å². The van der Waals surface area contributed by atoms with Crippen LogP contribution in [-0.2, 0) is 11.3 Å². The van der Waals surface area contributed by atoms with Crippen LogP contribution >= 0.6 is 0 Å². The first-order valence-electron chi connectivity index (χ1n) is 5.40. The highest BCUT2D eigenvalue weighted by Gasteiger charge is 2.08. The Labute approximate surface area is 99.4 Å². The second-order valence-corrected chi connectivity index (χ2v) is 3.53. The Kier molecular flexibility index (Phi) is 4.17. The minimum Gasteiger partial charge on any atom is -0.383 e. The molecule has 0 fully saturated rings. The van der Waals surface area contributed by atoms with Crippen LogP contribution in [0.3, 0.4) is 0 Å². The number of hydrogen-bond donors (Lipinski definition) is 2. The molecule has 0 aliphatic heterocycles. The van der Waals surface area contributed by atoms with Gasteiger partial charge in [-0.2, -0.15) is 5.10 Å². The maximum atomic E-state index is 4.97. The third kappa shape index (κ3) is 3.08. The number of rotatable bonds is 6. The lowest BCUT2D eigenvalue weighted by atomic mass is 10.2. The van der Waals surface area contributed by atoms with E-state index in [-0.39, 0.29) is 0 Å². The maximum Gasteiger partial charge on any atom is 0.107 e. The third-order valence-electron chi connectivity index (χ3n) is 2.34. The molecule has 2 aromatic heterocycles. The molecule has 0 radical (unpaired) electrons. The number of nitrogens with one attached hydrogen (secondary N) is 2. The largest absolute Gasteiger partial charge is 0.383 e. The lowest BCUT2D eigenvalue weighted by molar-refractivity contribution is 0.199. The zero-order valence-corrected chi connectivity index (χ0v) is 9.68. The van der Waals surface area contributed by atoms with Crippen molar-refractivity contribution in [1.29, 1.82) is 0 Å². The van der Waals surface area contributed by atoms with Crippen molar-refractivity contribution in [2.75, 3.05) is 20.3 Å². The zero-order chi connectivity index (χ0) is 11.9. The second kappa shape index (κ2) is 6.07. The Morgan fingerprint density at radius 3 is 3.06 bits per heavy atom. The summed E-state index contributed by atoms with van der Waals surface area (Å²) in [5.74, 6) is 0. The van der Waals surface area contributed by atoms with E-state index >= 15 is 0 Å². The molecule has 0 aliphatic rings. The Hall–Kier alpha value is -1.79. The van der Waals surface area contributed by atoms with Gasteiger partial charge in [-0.1, -0.05) is 0 Å². The molecule has 0 spiro atoms. The van der Waals surface area contributed by atoms with Crippen LogP contribution in [0.2, 0.25) is 0 Å². The summed E-state index contributed by atoms with van der Waals surface area (Å²) in [4.78, 5) is 8.28. The van der Waals surface area contributed by atoms with E-state index in [4.69, 9.17) is 4.74 Å². The molecule has 2 rings (SSSR count). The molecular formula is C11H15N5O. The van der Waals surface area contributed by atoms with Gasteiger partial charge in [-0.15, -0.1) is 0 Å². The molecule has 0 saturated heterocycles. The molecule has 6 nitrogen and oxygen atoms in total. The van der Waals surface area contributed by atoms with Crippen LogP contribution in [0.5, 0.6) is 0 Å². The number of methoxy groups -OCH3 is 1. The van der Waals surface area contributed by atoms with E-state index in [9.17, 15) is 0 Å². The van der Waals surface area contributed by atoms with Gasteiger partial charge in [0.2, 0.25) is 0 Å². The predicted octanol–water partition coefficient (Wildman–Crippen LogP) is 0.603. The number of nitrogens with zero attached hydrogens (tertiary/aromatic N) is 3. The smallest absolute Gasteiger partial charge is 0.107 e. The van der Waals surface area contributed by atoms with Crippen molar-refractivity contribution >= 4 is 0 Å². The summed E-state index contributed by atoms with van der Waals surface area (Å²) < 4.78 is 4.97. The molecule has 0 unspecified atom stereocenters. The highest BCUT2D eigenvalue weighted by atomic mass is 16.5. The van der Waals surface area contributed by atoms with Crippen LogP contribution in [0.4, 0.5) is 0 Å². The van der Waals surface area contributed by atoms with E-state index in [1.807, 2.05) is 0 Å². The highest BCUT2D eigenvalue weighted by Crippen LogP contribution is 2.16. The van der Waals surface area contributed by atoms with Crippen LogP contribution in [-0.4, -0.2) is 40.4 Å². The van der Waals surface area contributed by atoms with Crippen molar-refractivity contribution in [1.82, 2.24) is 25.5 Å². The number of hydrogen-bond acceptors (Lipinski definition) is 5. The van der Waals surface area contributed by atoms with Crippen molar-refractivity contribution in [3.8, 4) is 11.4 Å². The van der Waals surface area contributed by atoms with Crippen LogP contribution in [0.1, 0.15) is 5.56 Å². The Bertz CT molecular complexity index is 442. The topological polar surface area (TPSA) is 75.7 Å². The van der Waals surface area contributed by atoms with Crippen molar-refractivity contribution in [2.24, 2.45) is 0 Å². The SMILES string of the molecule is COCCNCc1cn[nH]c1-c1cnccn1. The fraction of sp³-hybridized carbons (Fsp3) is 0.364. The van der Waals surface area contributed by atoms with Gasteiger partial charge in [0.15, 0.2) is 0 Å². The fourth-order valence-corrected chi connectivity index (χ4v) is 1.49. The molecule has 17 heavy (non-hydrogen) atoms. The number of H-pyrrole nitrogens is 1. The van der Waals surface area contributed by atoms with Gasteiger partial charge in [0, 0.05) is 38.2 Å². The molecular weight excluding hydrogens is 218 g/mol. The third-order valence-corrected chi connectivity index (χ3v) is 2.34. The van der Waals surface area contributed by atoms with Gasteiger partial charge in [-0.3, -0.25) is 15.1 Å². The zero-order valence-electron chi connectivity index (χ0n) is 9.68. The van der Waals surface area contributed by atoms with Crippen LogP contribution in [0.15, 0.2) is 24.8 Å². The molecule has 2 heterocycles. The lowest BCUT2D eigenvalue weighted by Crippen LogP contribution is -2.18. The van der Waals surface area contributed by atoms with Crippen LogP contribution in [0.25, 0.3) is 11.4 Å². The molecule has 2 aromatic rings. The van der Waals surface area contributed by atoms with E-state index in [1.54, 1.807) is 31.9 Å². The maximum absolute atomic E-state index is 4.97. The van der Waals surface area contributed by atoms with Gasteiger partial charge in [0.25, 0.3) is 0 Å². The molecule has 2 N–H and O–H groups in total. The van der Waals surface area contributed by atoms with Gasteiger partial charge in [-0.05, 0) is 0 Å². The quantitative estimate of drug-likeness (QED) is 0.715. The summed E-state index contributed by atoms with van der Waals surface area (Å²) in [5.41, 5.74) is 2.78. The first-order chi connectivity index (χ1) is 8.42. The number of ether oxygens (including phenoxy) is 1. The van der Waals surface area contributed by atoms with Gasteiger partial charge < -0.3 is 10.1 Å².